The summed E-state index contributed by atoms with van der Waals surface area (Å²) < 4.78 is 5.68. The Labute approximate surface area is 148 Å². The van der Waals surface area contributed by atoms with Crippen molar-refractivity contribution in [3.8, 4) is 0 Å². The molecule has 1 saturated carbocycles. The number of fused-ring (bicyclic) bond motifs is 1. The molecule has 8 heteroatoms. The van der Waals surface area contributed by atoms with Crippen molar-refractivity contribution >= 4 is 34.8 Å². The Kier molecular flexibility index (Phi) is 3.96. The standard InChI is InChI=1S/C18H18N4O4/c19-13(18(24)25)7-11-10-3-1-2-4-14(10)20-15(11)8-12-16(23)21-22-17(12)26-9-5-6-9/h1-4,8-9,13,20H,5-7,19H2,(H,21,23)(H,24,25)/b12-8+. The molecule has 0 radical (unpaired) electrons. The lowest BCUT2D eigenvalue weighted by atomic mass is 10.0. The van der Waals surface area contributed by atoms with Crippen LogP contribution in [0.3, 0.4) is 0 Å². The molecule has 1 aromatic heterocycles. The second-order valence-corrected chi connectivity index (χ2v) is 6.44. The summed E-state index contributed by atoms with van der Waals surface area (Å²) in [7, 11) is 0. The second-order valence-electron chi connectivity index (χ2n) is 6.44. The van der Waals surface area contributed by atoms with E-state index in [2.05, 4.69) is 15.5 Å². The maximum atomic E-state index is 12.1. The molecular weight excluding hydrogens is 336 g/mol. The van der Waals surface area contributed by atoms with E-state index in [1.54, 1.807) is 6.08 Å². The molecular formula is C18H18N4O4. The number of ether oxygens (including phenoxy) is 1. The minimum Gasteiger partial charge on any atom is -0.480 e. The maximum absolute atomic E-state index is 12.1. The van der Waals surface area contributed by atoms with Crippen LogP contribution in [-0.4, -0.2) is 40.0 Å². The van der Waals surface area contributed by atoms with Crippen molar-refractivity contribution < 1.29 is 19.4 Å². The topological polar surface area (TPSA) is 130 Å². The van der Waals surface area contributed by atoms with Gasteiger partial charge < -0.3 is 20.6 Å². The van der Waals surface area contributed by atoms with E-state index in [-0.39, 0.29) is 24.3 Å². The van der Waals surface area contributed by atoms with E-state index in [4.69, 9.17) is 15.6 Å². The van der Waals surface area contributed by atoms with Crippen LogP contribution >= 0.6 is 0 Å². The number of carbonyl (C=O) groups is 2. The first-order chi connectivity index (χ1) is 12.5. The Morgan fingerprint density at radius 3 is 2.92 bits per heavy atom. The number of carbonyl (C=O) groups excluding carboxylic acids is 1. The van der Waals surface area contributed by atoms with Gasteiger partial charge in [-0.3, -0.25) is 9.59 Å². The Bertz CT molecular complexity index is 955. The molecule has 1 amide bonds. The highest BCUT2D eigenvalue weighted by molar-refractivity contribution is 6.24. The Balaban J connectivity index is 1.76. The summed E-state index contributed by atoms with van der Waals surface area (Å²) in [6.07, 6.45) is 3.79. The molecule has 1 aliphatic carbocycles. The first-order valence-electron chi connectivity index (χ1n) is 8.37. The molecule has 2 aliphatic rings. The van der Waals surface area contributed by atoms with Gasteiger partial charge in [0.25, 0.3) is 5.91 Å². The average molecular weight is 354 g/mol. The Morgan fingerprint density at radius 1 is 1.42 bits per heavy atom. The highest BCUT2D eigenvalue weighted by Gasteiger charge is 2.32. The van der Waals surface area contributed by atoms with E-state index in [1.165, 1.54) is 0 Å². The number of hydrogen-bond donors (Lipinski definition) is 4. The summed E-state index contributed by atoms with van der Waals surface area (Å²) in [6, 6.07) is 6.48. The van der Waals surface area contributed by atoms with Crippen LogP contribution in [0.25, 0.3) is 17.0 Å². The molecule has 1 unspecified atom stereocenters. The molecule has 0 spiro atoms. The van der Waals surface area contributed by atoms with Crippen molar-refractivity contribution in [3.63, 3.8) is 0 Å². The SMILES string of the molecule is NC(Cc1c(/C=C2\C(=O)NN=C2OC2CC2)[nH]c2ccccc12)C(=O)O. The lowest BCUT2D eigenvalue weighted by molar-refractivity contribution is -0.138. The third kappa shape index (κ3) is 3.06. The minimum absolute atomic E-state index is 0.104. The number of carboxylic acids is 1. The van der Waals surface area contributed by atoms with Crippen LogP contribution in [0.4, 0.5) is 0 Å². The quantitative estimate of drug-likeness (QED) is 0.598. The van der Waals surface area contributed by atoms with Crippen molar-refractivity contribution in [2.45, 2.75) is 31.4 Å². The number of carboxylic acid groups (broad SMARTS) is 1. The van der Waals surface area contributed by atoms with Gasteiger partial charge in [-0.25, -0.2) is 5.43 Å². The van der Waals surface area contributed by atoms with Crippen LogP contribution in [0.5, 0.6) is 0 Å². The van der Waals surface area contributed by atoms with Gasteiger partial charge in [-0.05, 0) is 30.5 Å². The van der Waals surface area contributed by atoms with Crippen LogP contribution in [0.15, 0.2) is 34.9 Å². The summed E-state index contributed by atoms with van der Waals surface area (Å²) in [5.41, 5.74) is 10.7. The van der Waals surface area contributed by atoms with Crippen molar-refractivity contribution in [3.05, 3.63) is 41.1 Å². The number of hydrazone groups is 1. The summed E-state index contributed by atoms with van der Waals surface area (Å²) in [5.74, 6) is -1.16. The van der Waals surface area contributed by atoms with E-state index in [1.807, 2.05) is 24.3 Å². The number of H-pyrrole nitrogens is 1. The minimum atomic E-state index is -1.08. The molecule has 2 aromatic rings. The van der Waals surface area contributed by atoms with Gasteiger partial charge in [-0.15, -0.1) is 5.10 Å². The normalized spacial score (nSPS) is 19.5. The number of rotatable bonds is 5. The molecule has 1 fully saturated rings. The number of nitrogens with one attached hydrogen (secondary N) is 2. The highest BCUT2D eigenvalue weighted by Crippen LogP contribution is 2.29. The number of aliphatic carboxylic acids is 1. The lowest BCUT2D eigenvalue weighted by Crippen LogP contribution is -2.32. The predicted molar refractivity (Wildman–Crippen MR) is 95.3 cm³/mol. The van der Waals surface area contributed by atoms with Crippen LogP contribution in [0.1, 0.15) is 24.1 Å². The number of amides is 1. The summed E-state index contributed by atoms with van der Waals surface area (Å²) >= 11 is 0. The second kappa shape index (κ2) is 6.30. The largest absolute Gasteiger partial charge is 0.480 e. The van der Waals surface area contributed by atoms with Gasteiger partial charge in [-0.1, -0.05) is 18.2 Å². The molecule has 1 aromatic carbocycles. The number of hydrogen-bond acceptors (Lipinski definition) is 5. The van der Waals surface area contributed by atoms with Gasteiger partial charge in [-0.2, -0.15) is 0 Å². The maximum Gasteiger partial charge on any atom is 0.320 e. The Morgan fingerprint density at radius 2 is 2.19 bits per heavy atom. The van der Waals surface area contributed by atoms with Gasteiger partial charge in [0.1, 0.15) is 17.7 Å². The van der Waals surface area contributed by atoms with E-state index in [0.29, 0.717) is 11.3 Å². The highest BCUT2D eigenvalue weighted by atomic mass is 16.5. The molecule has 26 heavy (non-hydrogen) atoms. The fourth-order valence-corrected chi connectivity index (χ4v) is 2.90. The Hall–Kier alpha value is -3.13. The molecule has 1 atom stereocenters. The molecule has 4 rings (SSSR count). The zero-order chi connectivity index (χ0) is 18.3. The van der Waals surface area contributed by atoms with Gasteiger partial charge >= 0.3 is 5.97 Å². The van der Waals surface area contributed by atoms with Gasteiger partial charge in [0.2, 0.25) is 5.90 Å². The van der Waals surface area contributed by atoms with Crippen molar-refractivity contribution in [2.24, 2.45) is 10.8 Å². The zero-order valence-corrected chi connectivity index (χ0v) is 13.9. The number of nitrogens with zero attached hydrogens (tertiary/aromatic N) is 1. The molecule has 1 aliphatic heterocycles. The number of aromatic amines is 1. The third-order valence-corrected chi connectivity index (χ3v) is 4.41. The van der Waals surface area contributed by atoms with E-state index in [0.717, 1.165) is 29.3 Å². The summed E-state index contributed by atoms with van der Waals surface area (Å²) in [4.78, 5) is 26.6. The monoisotopic (exact) mass is 354 g/mol. The lowest BCUT2D eigenvalue weighted by Gasteiger charge is -2.08. The molecule has 5 N–H and O–H groups in total. The average Bonchev–Trinajstić information content (AvgIpc) is 3.29. The molecule has 0 saturated heterocycles. The fourth-order valence-electron chi connectivity index (χ4n) is 2.90. The fraction of sp³-hybridized carbons (Fsp3) is 0.278. The van der Waals surface area contributed by atoms with E-state index in [9.17, 15) is 9.59 Å². The molecule has 134 valence electrons. The summed E-state index contributed by atoms with van der Waals surface area (Å²) in [5, 5.41) is 14.0. The number of para-hydroxylation sites is 1. The van der Waals surface area contributed by atoms with Crippen LogP contribution in [-0.2, 0) is 20.7 Å². The zero-order valence-electron chi connectivity index (χ0n) is 13.9. The van der Waals surface area contributed by atoms with Crippen LogP contribution in [0, 0.1) is 0 Å². The van der Waals surface area contributed by atoms with Gasteiger partial charge in [0.05, 0.1) is 0 Å². The number of benzene rings is 1. The van der Waals surface area contributed by atoms with Gasteiger partial charge in [0.15, 0.2) is 0 Å². The first kappa shape index (κ1) is 16.3. The number of aromatic nitrogens is 1. The van der Waals surface area contributed by atoms with E-state index >= 15 is 0 Å². The smallest absolute Gasteiger partial charge is 0.320 e. The first-order valence-corrected chi connectivity index (χ1v) is 8.37. The number of nitrogens with two attached hydrogens (primary N) is 1. The third-order valence-electron chi connectivity index (χ3n) is 4.41. The molecule has 2 heterocycles. The van der Waals surface area contributed by atoms with Crippen molar-refractivity contribution in [1.82, 2.24) is 10.4 Å². The van der Waals surface area contributed by atoms with Crippen LogP contribution < -0.4 is 11.2 Å². The van der Waals surface area contributed by atoms with Gasteiger partial charge in [0, 0.05) is 23.0 Å². The molecule has 8 nitrogen and oxygen atoms in total. The summed E-state index contributed by atoms with van der Waals surface area (Å²) in [6.45, 7) is 0. The van der Waals surface area contributed by atoms with Crippen LogP contribution in [0.2, 0.25) is 0 Å². The molecule has 0 bridgehead atoms. The van der Waals surface area contributed by atoms with Crippen molar-refractivity contribution in [1.29, 1.82) is 0 Å². The van der Waals surface area contributed by atoms with E-state index < -0.39 is 12.0 Å². The van der Waals surface area contributed by atoms with Crippen molar-refractivity contribution in [2.75, 3.05) is 0 Å². The predicted octanol–water partition coefficient (Wildman–Crippen LogP) is 1.13.